The number of ether oxygens (including phenoxy) is 4. The third-order valence-electron chi connectivity index (χ3n) is 5.16. The number of likely N-dealkylation sites (tertiary alicyclic amines) is 1. The number of hydrogen-bond acceptors (Lipinski definition) is 8. The van der Waals surface area contributed by atoms with Crippen molar-refractivity contribution in [2.45, 2.75) is 38.9 Å². The fourth-order valence-electron chi connectivity index (χ4n) is 3.63. The molecular weight excluding hydrogens is 459 g/mol. The van der Waals surface area contributed by atoms with Crippen LogP contribution in [0, 0.1) is 5.82 Å². The lowest BCUT2D eigenvalue weighted by Crippen LogP contribution is -2.36. The number of hydrogen-bond donors (Lipinski definition) is 0. The number of methoxy groups -OCH3 is 2. The fraction of sp³-hybridized carbons (Fsp3) is 0.400. The van der Waals surface area contributed by atoms with E-state index in [2.05, 4.69) is 0 Å². The molecule has 0 aromatic heterocycles. The summed E-state index contributed by atoms with van der Waals surface area (Å²) in [6, 6.07) is 3.84. The molecule has 2 aliphatic rings. The van der Waals surface area contributed by atoms with Crippen LogP contribution in [0.3, 0.4) is 0 Å². The van der Waals surface area contributed by atoms with Crippen LogP contribution in [-0.4, -0.2) is 61.9 Å². The van der Waals surface area contributed by atoms with Crippen LogP contribution in [0.1, 0.15) is 27.2 Å². The Hall–Kier alpha value is -3.82. The molecule has 1 fully saturated rings. The summed E-state index contributed by atoms with van der Waals surface area (Å²) in [4.78, 5) is 40.4. The summed E-state index contributed by atoms with van der Waals surface area (Å²) in [5.74, 6) is -1.92. The molecule has 9 nitrogen and oxygen atoms in total. The maximum atomic E-state index is 14.4. The van der Waals surface area contributed by atoms with Crippen molar-refractivity contribution in [2.75, 3.05) is 32.2 Å². The summed E-state index contributed by atoms with van der Waals surface area (Å²) in [5, 5.41) is 0. The molecule has 1 unspecified atom stereocenters. The van der Waals surface area contributed by atoms with E-state index in [1.54, 1.807) is 37.8 Å². The Morgan fingerprint density at radius 1 is 1.06 bits per heavy atom. The number of carbonyl (C=O) groups excluding carboxylic acids is 3. The second kappa shape index (κ2) is 10.6. The average molecular weight is 489 g/mol. The maximum Gasteiger partial charge on any atom is 0.410 e. The second-order valence-corrected chi connectivity index (χ2v) is 8.88. The van der Waals surface area contributed by atoms with Gasteiger partial charge in [-0.25, -0.2) is 18.8 Å². The topological polar surface area (TPSA) is 94.6 Å². The van der Waals surface area contributed by atoms with Gasteiger partial charge in [-0.1, -0.05) is 6.08 Å². The normalized spacial score (nSPS) is 17.8. The zero-order chi connectivity index (χ0) is 25.8. The molecular formula is C25H29FN2O7. The highest BCUT2D eigenvalue weighted by atomic mass is 19.1. The van der Waals surface area contributed by atoms with Crippen LogP contribution in [0.15, 0.2) is 53.9 Å². The van der Waals surface area contributed by atoms with Crippen LogP contribution in [0.4, 0.5) is 14.9 Å². The summed E-state index contributed by atoms with van der Waals surface area (Å²) in [7, 11) is 2.36. The van der Waals surface area contributed by atoms with Crippen LogP contribution in [0.25, 0.3) is 0 Å². The smallest absolute Gasteiger partial charge is 0.410 e. The first kappa shape index (κ1) is 25.8. The Balaban J connectivity index is 1.94. The number of nitrogens with zero attached hydrogens (tertiary/aromatic N) is 2. The molecule has 0 spiro atoms. The number of anilines is 1. The van der Waals surface area contributed by atoms with Crippen LogP contribution in [-0.2, 0) is 23.8 Å². The molecule has 35 heavy (non-hydrogen) atoms. The van der Waals surface area contributed by atoms with Crippen LogP contribution >= 0.6 is 0 Å². The Kier molecular flexibility index (Phi) is 7.83. The fourth-order valence-corrected chi connectivity index (χ4v) is 3.63. The van der Waals surface area contributed by atoms with Crippen LogP contribution in [0.5, 0.6) is 5.75 Å². The Morgan fingerprint density at radius 3 is 2.43 bits per heavy atom. The van der Waals surface area contributed by atoms with Gasteiger partial charge in [-0.3, -0.25) is 0 Å². The highest BCUT2D eigenvalue weighted by molar-refractivity contribution is 6.05. The monoisotopic (exact) mass is 488 g/mol. The lowest BCUT2D eigenvalue weighted by molar-refractivity contribution is -0.139. The predicted molar refractivity (Wildman–Crippen MR) is 125 cm³/mol. The molecule has 2 heterocycles. The van der Waals surface area contributed by atoms with Gasteiger partial charge in [0.05, 0.1) is 32.0 Å². The van der Waals surface area contributed by atoms with E-state index in [1.807, 2.05) is 0 Å². The molecule has 1 saturated heterocycles. The predicted octanol–water partition coefficient (Wildman–Crippen LogP) is 3.70. The van der Waals surface area contributed by atoms with Crippen molar-refractivity contribution in [3.8, 4) is 5.75 Å². The van der Waals surface area contributed by atoms with E-state index in [0.717, 1.165) is 0 Å². The highest BCUT2D eigenvalue weighted by Crippen LogP contribution is 2.36. The molecule has 10 heteroatoms. The molecule has 188 valence electrons. The van der Waals surface area contributed by atoms with Crippen molar-refractivity contribution in [2.24, 2.45) is 0 Å². The minimum atomic E-state index is -0.825. The molecule has 1 atom stereocenters. The number of benzene rings is 1. The lowest BCUT2D eigenvalue weighted by atomic mass is 10.1. The SMILES string of the molecule is COC(=O)C1=C(C(=O)OC)N(c2cc(F)ccc2OC2CCN(C(=O)OC(C)(C)C)C2)C=CC=C1. The number of carbonyl (C=O) groups is 3. The van der Waals surface area contributed by atoms with E-state index in [0.29, 0.717) is 13.0 Å². The minimum absolute atomic E-state index is 0.0727. The van der Waals surface area contributed by atoms with E-state index in [9.17, 15) is 18.8 Å². The number of allylic oxidation sites excluding steroid dienone is 2. The number of halogens is 1. The van der Waals surface area contributed by atoms with Crippen molar-refractivity contribution in [1.82, 2.24) is 4.90 Å². The van der Waals surface area contributed by atoms with E-state index in [1.165, 1.54) is 49.6 Å². The summed E-state index contributed by atoms with van der Waals surface area (Å²) in [6.07, 6.45) is 5.71. The van der Waals surface area contributed by atoms with Gasteiger partial charge < -0.3 is 28.7 Å². The zero-order valence-electron chi connectivity index (χ0n) is 20.4. The Bertz CT molecular complexity index is 1090. The second-order valence-electron chi connectivity index (χ2n) is 8.88. The van der Waals surface area contributed by atoms with Gasteiger partial charge in [0.2, 0.25) is 0 Å². The van der Waals surface area contributed by atoms with Crippen LogP contribution in [0.2, 0.25) is 0 Å². The molecule has 0 radical (unpaired) electrons. The first-order valence-corrected chi connectivity index (χ1v) is 11.0. The van der Waals surface area contributed by atoms with Gasteiger partial charge in [-0.2, -0.15) is 0 Å². The van der Waals surface area contributed by atoms with Gasteiger partial charge in [0, 0.05) is 25.2 Å². The molecule has 1 aromatic rings. The van der Waals surface area contributed by atoms with Crippen molar-refractivity contribution in [3.05, 3.63) is 59.7 Å². The summed E-state index contributed by atoms with van der Waals surface area (Å²) in [5.41, 5.74) is -0.693. The molecule has 0 bridgehead atoms. The summed E-state index contributed by atoms with van der Waals surface area (Å²) >= 11 is 0. The third-order valence-corrected chi connectivity index (χ3v) is 5.16. The first-order chi connectivity index (χ1) is 16.5. The van der Waals surface area contributed by atoms with Crippen molar-refractivity contribution in [3.63, 3.8) is 0 Å². The highest BCUT2D eigenvalue weighted by Gasteiger charge is 2.33. The maximum absolute atomic E-state index is 14.4. The van der Waals surface area contributed by atoms with E-state index >= 15 is 0 Å². The molecule has 3 rings (SSSR count). The van der Waals surface area contributed by atoms with Crippen molar-refractivity contribution < 1.29 is 37.7 Å². The molecule has 0 saturated carbocycles. The molecule has 0 aliphatic carbocycles. The molecule has 2 aliphatic heterocycles. The molecule has 1 amide bonds. The number of esters is 2. The quantitative estimate of drug-likeness (QED) is 0.458. The summed E-state index contributed by atoms with van der Waals surface area (Å²) < 4.78 is 35.6. The zero-order valence-corrected chi connectivity index (χ0v) is 20.4. The van der Waals surface area contributed by atoms with E-state index in [4.69, 9.17) is 18.9 Å². The average Bonchev–Trinajstić information content (AvgIpc) is 3.16. The largest absolute Gasteiger partial charge is 0.486 e. The van der Waals surface area contributed by atoms with Gasteiger partial charge >= 0.3 is 18.0 Å². The summed E-state index contributed by atoms with van der Waals surface area (Å²) in [6.45, 7) is 6.08. The minimum Gasteiger partial charge on any atom is -0.486 e. The van der Waals surface area contributed by atoms with Gasteiger partial charge in [0.25, 0.3) is 0 Å². The van der Waals surface area contributed by atoms with Crippen molar-refractivity contribution in [1.29, 1.82) is 0 Å². The van der Waals surface area contributed by atoms with Crippen LogP contribution < -0.4 is 9.64 Å². The lowest BCUT2D eigenvalue weighted by Gasteiger charge is -2.27. The van der Waals surface area contributed by atoms with Gasteiger partial charge in [-0.05, 0) is 45.1 Å². The van der Waals surface area contributed by atoms with Gasteiger partial charge in [0.1, 0.15) is 29.0 Å². The number of amides is 1. The first-order valence-electron chi connectivity index (χ1n) is 11.0. The Morgan fingerprint density at radius 2 is 1.77 bits per heavy atom. The Labute approximate surface area is 203 Å². The van der Waals surface area contributed by atoms with E-state index in [-0.39, 0.29) is 29.3 Å². The van der Waals surface area contributed by atoms with Gasteiger partial charge in [-0.15, -0.1) is 0 Å². The third kappa shape index (κ3) is 6.20. The van der Waals surface area contributed by atoms with Crippen molar-refractivity contribution >= 4 is 23.7 Å². The standard InChI is InChI=1S/C25H29FN2O7/c1-25(2,3)35-24(31)27-13-11-17(15-27)34-20-10-9-16(26)14-19(20)28-12-7-6-8-18(22(29)32-4)21(28)23(30)33-5/h6-10,12,14,17H,11,13,15H2,1-5H3. The number of rotatable bonds is 5. The van der Waals surface area contributed by atoms with E-state index < -0.39 is 35.6 Å². The molecule has 0 N–H and O–H groups in total. The molecule has 1 aromatic carbocycles. The van der Waals surface area contributed by atoms with Gasteiger partial charge in [0.15, 0.2) is 0 Å².